The van der Waals surface area contributed by atoms with Gasteiger partial charge in [-0.15, -0.1) is 0 Å². The first-order chi connectivity index (χ1) is 30.3. The fourth-order valence-electron chi connectivity index (χ4n) is 6.42. The van der Waals surface area contributed by atoms with E-state index < -0.39 is 114 Å². The van der Waals surface area contributed by atoms with E-state index in [-0.39, 0.29) is 89.3 Å². The van der Waals surface area contributed by atoms with Crippen LogP contribution in [0.4, 0.5) is 0 Å². The molecule has 0 N–H and O–H groups in total. The third-order valence-corrected chi connectivity index (χ3v) is 8.28. The molecule has 45 heavy (non-hydrogen) atoms. The highest BCUT2D eigenvalue weighted by molar-refractivity contribution is 6.19. The first kappa shape index (κ1) is 12.6. The van der Waals surface area contributed by atoms with Crippen LogP contribution in [0.1, 0.15) is 48.7 Å². The summed E-state index contributed by atoms with van der Waals surface area (Å²) >= 11 is 0. The lowest BCUT2D eigenvalue weighted by molar-refractivity contribution is 1.02. The minimum absolute atomic E-state index is 0.0695. The molecule has 0 fully saturated rings. The molecular weight excluding hydrogens is 544 g/mol. The number of aromatic nitrogens is 2. The van der Waals surface area contributed by atoms with E-state index in [1.165, 1.54) is 45.5 Å². The van der Waals surface area contributed by atoms with Crippen LogP contribution in [-0.4, -0.2) is 9.13 Å². The Bertz CT molecular complexity index is 3590. The van der Waals surface area contributed by atoms with Crippen LogP contribution in [0.15, 0.2) is 163 Å². The SMILES string of the molecule is [2H]c1ccc(-n2c3c([2H])c([2H])c([2H])c([2H])c3c3c([2H])c4c5c([2H])c(C6c7c([2H])c([2H])c([2H])c([2H])c7-c7c([2H])c([2H])c([2H])c([2H])c76)c([2H])c([2H])c5n(-c5ccccc5[2H])c4c([2H])c32)cc1. The highest BCUT2D eigenvalue weighted by atomic mass is 15.0. The Morgan fingerprint density at radius 2 is 1.04 bits per heavy atom. The summed E-state index contributed by atoms with van der Waals surface area (Å²) in [6, 6.07) is 1.81. The maximum atomic E-state index is 10.1. The Morgan fingerprint density at radius 3 is 1.82 bits per heavy atom. The molecule has 0 radical (unpaired) electrons. The lowest BCUT2D eigenvalue weighted by atomic mass is 9.88. The normalized spacial score (nSPS) is 18.7. The van der Waals surface area contributed by atoms with Crippen LogP contribution in [0.25, 0.3) is 66.1 Å². The van der Waals surface area contributed by atoms with Crippen LogP contribution >= 0.6 is 0 Å². The van der Waals surface area contributed by atoms with Gasteiger partial charge in [-0.2, -0.15) is 0 Å². The molecule has 210 valence electrons. The van der Waals surface area contributed by atoms with E-state index in [0.717, 1.165) is 0 Å². The molecule has 0 amide bonds. The van der Waals surface area contributed by atoms with E-state index in [1.807, 2.05) is 0 Å². The lowest BCUT2D eigenvalue weighted by Crippen LogP contribution is -1.99. The zero-order chi connectivity index (χ0) is 46.0. The first-order valence-electron chi connectivity index (χ1n) is 23.6. The number of nitrogens with zero attached hydrogens (tertiary/aromatic N) is 2. The van der Waals surface area contributed by atoms with Crippen molar-refractivity contribution < 1.29 is 26.0 Å². The number of benzene rings is 7. The number of hydrogen-bond donors (Lipinski definition) is 0. The van der Waals surface area contributed by atoms with Gasteiger partial charge in [-0.3, -0.25) is 0 Å². The summed E-state index contributed by atoms with van der Waals surface area (Å²) in [5.41, 5.74) is -1.56. The van der Waals surface area contributed by atoms with Crippen molar-refractivity contribution in [3.05, 3.63) is 180 Å². The van der Waals surface area contributed by atoms with Crippen molar-refractivity contribution in [2.45, 2.75) is 5.92 Å². The summed E-state index contributed by atoms with van der Waals surface area (Å²) in [5.74, 6) is -1.65. The maximum absolute atomic E-state index is 10.1. The van der Waals surface area contributed by atoms with Gasteiger partial charge in [0, 0.05) is 38.8 Å². The monoisotopic (exact) mass is 591 g/mol. The molecule has 2 heterocycles. The second-order valence-corrected chi connectivity index (χ2v) is 10.6. The fraction of sp³-hybridized carbons (Fsp3) is 0.0233. The molecular formula is C43H28N2. The van der Waals surface area contributed by atoms with Gasteiger partial charge in [-0.1, -0.05) is 109 Å². The predicted molar refractivity (Wildman–Crippen MR) is 188 cm³/mol. The minimum atomic E-state index is -1.65. The Balaban J connectivity index is 1.49. The standard InChI is InChI=1S/C43H28N2/c1-3-13-29(14-4-1)44-39-22-12-11-19-33(39)37-26-38-36-25-28(43-34-20-9-7-17-31(34)32-18-8-10-21-35(32)43)23-24-40(36)45(42(38)27-41(37)44)30-15-5-2-6-16-30/h1-27,43H/i1D,7D,8D,9D,10D,11D,12D,15D,17D,18D,19D,20D,21D,22D,23D,24D,25D,26D,27D. The smallest absolute Gasteiger partial charge is 0.0668 e. The molecule has 0 aliphatic heterocycles. The van der Waals surface area contributed by atoms with E-state index in [9.17, 15) is 6.85 Å². The van der Waals surface area contributed by atoms with E-state index in [1.54, 1.807) is 12.1 Å². The molecule has 2 aromatic heterocycles. The van der Waals surface area contributed by atoms with Crippen LogP contribution in [0.2, 0.25) is 0 Å². The number of para-hydroxylation sites is 3. The largest absolute Gasteiger partial charge is 0.309 e. The minimum Gasteiger partial charge on any atom is -0.309 e. The highest BCUT2D eigenvalue weighted by Crippen LogP contribution is 2.49. The second kappa shape index (κ2) is 9.32. The molecule has 1 aliphatic carbocycles. The molecule has 0 spiro atoms. The van der Waals surface area contributed by atoms with Gasteiger partial charge in [0.05, 0.1) is 48.1 Å². The van der Waals surface area contributed by atoms with Crippen molar-refractivity contribution in [3.63, 3.8) is 0 Å². The molecule has 7 aromatic carbocycles. The Labute approximate surface area is 287 Å². The van der Waals surface area contributed by atoms with Crippen molar-refractivity contribution in [2.75, 3.05) is 0 Å². The summed E-state index contributed by atoms with van der Waals surface area (Å²) in [4.78, 5) is 0. The van der Waals surface area contributed by atoms with Crippen LogP contribution in [0.5, 0.6) is 0 Å². The van der Waals surface area contributed by atoms with Crippen molar-refractivity contribution in [2.24, 2.45) is 0 Å². The third-order valence-electron chi connectivity index (χ3n) is 8.28. The topological polar surface area (TPSA) is 9.86 Å². The summed E-state index contributed by atoms with van der Waals surface area (Å²) in [6.07, 6.45) is 0. The van der Waals surface area contributed by atoms with Gasteiger partial charge in [-0.25, -0.2) is 0 Å². The average molecular weight is 592 g/mol. The predicted octanol–water partition coefficient (Wildman–Crippen LogP) is 11.0. The molecule has 9 aromatic rings. The summed E-state index contributed by atoms with van der Waals surface area (Å²) in [7, 11) is 0. The van der Waals surface area contributed by atoms with Crippen molar-refractivity contribution in [3.8, 4) is 22.5 Å². The van der Waals surface area contributed by atoms with Crippen LogP contribution in [0.3, 0.4) is 0 Å². The van der Waals surface area contributed by atoms with Crippen LogP contribution in [0, 0.1) is 0 Å². The van der Waals surface area contributed by atoms with Gasteiger partial charge in [0.15, 0.2) is 0 Å². The molecule has 0 unspecified atom stereocenters. The highest BCUT2D eigenvalue weighted by Gasteiger charge is 2.30. The van der Waals surface area contributed by atoms with Crippen molar-refractivity contribution >= 4 is 43.6 Å². The molecule has 1 aliphatic rings. The Morgan fingerprint density at radius 1 is 0.422 bits per heavy atom. The molecule has 2 nitrogen and oxygen atoms in total. The van der Waals surface area contributed by atoms with Crippen molar-refractivity contribution in [1.29, 1.82) is 0 Å². The number of hydrogen-bond acceptors (Lipinski definition) is 0. The molecule has 0 atom stereocenters. The molecule has 2 heteroatoms. The Kier molecular flexibility index (Phi) is 2.62. The number of rotatable bonds is 3. The van der Waals surface area contributed by atoms with Gasteiger partial charge in [0.25, 0.3) is 0 Å². The van der Waals surface area contributed by atoms with E-state index in [0.29, 0.717) is 0 Å². The maximum Gasteiger partial charge on any atom is 0.0668 e. The molecule has 0 saturated heterocycles. The van der Waals surface area contributed by atoms with Gasteiger partial charge >= 0.3 is 0 Å². The summed E-state index contributed by atoms with van der Waals surface area (Å²) in [5, 5.41) is -0.688. The average Bonchev–Trinajstić information content (AvgIpc) is 3.95. The Hall–Kier alpha value is -5.86. The fourth-order valence-corrected chi connectivity index (χ4v) is 6.42. The molecule has 0 saturated carbocycles. The second-order valence-electron chi connectivity index (χ2n) is 10.6. The molecule has 10 rings (SSSR count). The molecule has 0 bridgehead atoms. The first-order valence-corrected chi connectivity index (χ1v) is 14.1. The van der Waals surface area contributed by atoms with Crippen LogP contribution in [-0.2, 0) is 0 Å². The van der Waals surface area contributed by atoms with Gasteiger partial charge in [-0.05, 0) is 82.3 Å². The van der Waals surface area contributed by atoms with Gasteiger partial charge in [0.2, 0.25) is 0 Å². The zero-order valence-corrected chi connectivity index (χ0v) is 23.1. The van der Waals surface area contributed by atoms with E-state index in [4.69, 9.17) is 19.2 Å². The lowest BCUT2D eigenvalue weighted by Gasteiger charge is -2.15. The summed E-state index contributed by atoms with van der Waals surface area (Å²) < 4.78 is 175. The third kappa shape index (κ3) is 3.45. The van der Waals surface area contributed by atoms with Gasteiger partial charge in [0.1, 0.15) is 0 Å². The van der Waals surface area contributed by atoms with E-state index >= 15 is 0 Å². The number of fused-ring (bicyclic) bond motifs is 9. The quantitative estimate of drug-likeness (QED) is 0.193. The van der Waals surface area contributed by atoms with Crippen LogP contribution < -0.4 is 0 Å². The van der Waals surface area contributed by atoms with Crippen molar-refractivity contribution in [1.82, 2.24) is 9.13 Å². The zero-order valence-electron chi connectivity index (χ0n) is 42.1. The van der Waals surface area contributed by atoms with Gasteiger partial charge < -0.3 is 9.13 Å². The summed E-state index contributed by atoms with van der Waals surface area (Å²) in [6.45, 7) is 0. The van der Waals surface area contributed by atoms with E-state index in [2.05, 4.69) is 0 Å².